The van der Waals surface area contributed by atoms with Crippen LogP contribution in [0.3, 0.4) is 0 Å². The van der Waals surface area contributed by atoms with Crippen molar-refractivity contribution in [3.05, 3.63) is 89.7 Å². The molecule has 0 aliphatic carbocycles. The van der Waals surface area contributed by atoms with Crippen LogP contribution in [0.2, 0.25) is 0 Å². The summed E-state index contributed by atoms with van der Waals surface area (Å²) in [4.78, 5) is 4.35. The van der Waals surface area contributed by atoms with Gasteiger partial charge in [-0.2, -0.15) is 9.61 Å². The van der Waals surface area contributed by atoms with Crippen LogP contribution in [0.5, 0.6) is 0 Å². The maximum Gasteiger partial charge on any atom is 0.262 e. The second-order valence-corrected chi connectivity index (χ2v) is 9.78. The molecule has 3 aromatic heterocycles. The minimum atomic E-state index is -3.72. The van der Waals surface area contributed by atoms with E-state index < -0.39 is 10.0 Å². The van der Waals surface area contributed by atoms with Crippen molar-refractivity contribution in [3.8, 4) is 22.6 Å². The van der Waals surface area contributed by atoms with Crippen molar-refractivity contribution in [3.63, 3.8) is 0 Å². The molecule has 5 rings (SSSR count). The van der Waals surface area contributed by atoms with Crippen LogP contribution >= 0.6 is 0 Å². The predicted molar refractivity (Wildman–Crippen MR) is 131 cm³/mol. The van der Waals surface area contributed by atoms with E-state index in [1.807, 2.05) is 69.3 Å². The molecule has 1 N–H and O–H groups in total. The van der Waals surface area contributed by atoms with E-state index in [9.17, 15) is 8.42 Å². The Labute approximate surface area is 197 Å². The number of fused-ring (bicyclic) bond motifs is 1. The molecule has 0 radical (unpaired) electrons. The number of pyridine rings is 1. The Kier molecular flexibility index (Phi) is 5.33. The molecule has 0 atom stereocenters. The number of sulfonamides is 1. The largest absolute Gasteiger partial charge is 0.280 e. The fourth-order valence-corrected chi connectivity index (χ4v) is 5.64. The van der Waals surface area contributed by atoms with Gasteiger partial charge in [0.2, 0.25) is 0 Å². The topological polar surface area (TPSA) is 102 Å². The molecule has 0 aliphatic heterocycles. The second-order valence-electron chi connectivity index (χ2n) is 8.16. The maximum atomic E-state index is 13.1. The van der Waals surface area contributed by atoms with Gasteiger partial charge in [-0.3, -0.25) is 9.71 Å². The first kappa shape index (κ1) is 21.7. The van der Waals surface area contributed by atoms with Gasteiger partial charge in [-0.1, -0.05) is 29.8 Å². The van der Waals surface area contributed by atoms with Gasteiger partial charge in [0.05, 0.1) is 10.6 Å². The maximum absolute atomic E-state index is 13.1. The van der Waals surface area contributed by atoms with Crippen molar-refractivity contribution in [1.29, 1.82) is 0 Å². The van der Waals surface area contributed by atoms with E-state index in [4.69, 9.17) is 5.10 Å². The molecular formula is C25H22N6O2S. The number of rotatable bonds is 5. The standard InChI is InChI=1S/C25H22N6O2S/c1-16-14-17(2)24(18(3)15-16)34(32,33)30-21-6-4-19(5-7-21)22-8-9-23-27-28-25(31(23)29-22)20-10-12-26-13-11-20/h4-15,30H,1-3H3. The molecular weight excluding hydrogens is 448 g/mol. The Morgan fingerprint density at radius 3 is 2.15 bits per heavy atom. The fourth-order valence-electron chi connectivity index (χ4n) is 4.13. The molecule has 34 heavy (non-hydrogen) atoms. The number of aryl methyl sites for hydroxylation is 3. The normalized spacial score (nSPS) is 11.6. The summed E-state index contributed by atoms with van der Waals surface area (Å²) in [5.41, 5.74) is 5.98. The predicted octanol–water partition coefficient (Wildman–Crippen LogP) is 4.58. The first-order valence-electron chi connectivity index (χ1n) is 10.7. The van der Waals surface area contributed by atoms with Crippen LogP contribution in [0.15, 0.2) is 78.0 Å². The highest BCUT2D eigenvalue weighted by Gasteiger charge is 2.20. The lowest BCUT2D eigenvalue weighted by Gasteiger charge is -2.14. The quantitative estimate of drug-likeness (QED) is 0.403. The van der Waals surface area contributed by atoms with Gasteiger partial charge >= 0.3 is 0 Å². The molecule has 8 nitrogen and oxygen atoms in total. The third kappa shape index (κ3) is 4.01. The minimum absolute atomic E-state index is 0.311. The van der Waals surface area contributed by atoms with Gasteiger partial charge < -0.3 is 0 Å². The number of benzene rings is 2. The highest BCUT2D eigenvalue weighted by Crippen LogP contribution is 2.26. The Morgan fingerprint density at radius 2 is 1.47 bits per heavy atom. The van der Waals surface area contributed by atoms with Gasteiger partial charge in [0.15, 0.2) is 11.5 Å². The number of nitrogens with zero attached hydrogens (tertiary/aromatic N) is 5. The molecule has 2 aromatic carbocycles. The lowest BCUT2D eigenvalue weighted by molar-refractivity contribution is 0.600. The van der Waals surface area contributed by atoms with Gasteiger partial charge in [-0.25, -0.2) is 8.42 Å². The molecule has 0 fully saturated rings. The van der Waals surface area contributed by atoms with E-state index in [2.05, 4.69) is 19.9 Å². The zero-order valence-corrected chi connectivity index (χ0v) is 19.7. The molecule has 3 heterocycles. The average molecular weight is 471 g/mol. The zero-order chi connectivity index (χ0) is 23.9. The van der Waals surface area contributed by atoms with Crippen molar-refractivity contribution < 1.29 is 8.42 Å². The van der Waals surface area contributed by atoms with E-state index in [1.165, 1.54) is 0 Å². The molecule has 9 heteroatoms. The van der Waals surface area contributed by atoms with Gasteiger partial charge in [-0.05, 0) is 68.3 Å². The Morgan fingerprint density at radius 1 is 0.794 bits per heavy atom. The van der Waals surface area contributed by atoms with Crippen molar-refractivity contribution in [1.82, 2.24) is 24.8 Å². The van der Waals surface area contributed by atoms with Crippen LogP contribution in [0.1, 0.15) is 16.7 Å². The Balaban J connectivity index is 1.45. The molecule has 0 aliphatic rings. The van der Waals surface area contributed by atoms with Crippen molar-refractivity contribution in [2.24, 2.45) is 0 Å². The number of aromatic nitrogens is 5. The minimum Gasteiger partial charge on any atom is -0.280 e. The van der Waals surface area contributed by atoms with Gasteiger partial charge in [0.25, 0.3) is 10.0 Å². The van der Waals surface area contributed by atoms with Crippen molar-refractivity contribution in [2.75, 3.05) is 4.72 Å². The van der Waals surface area contributed by atoms with E-state index in [0.717, 1.165) is 27.8 Å². The summed E-state index contributed by atoms with van der Waals surface area (Å²) in [6.07, 6.45) is 3.39. The lowest BCUT2D eigenvalue weighted by atomic mass is 10.1. The summed E-state index contributed by atoms with van der Waals surface area (Å²) in [7, 11) is -3.72. The summed E-state index contributed by atoms with van der Waals surface area (Å²) < 4.78 is 30.5. The number of anilines is 1. The Bertz CT molecular complexity index is 1590. The molecule has 170 valence electrons. The lowest BCUT2D eigenvalue weighted by Crippen LogP contribution is -2.15. The van der Waals surface area contributed by atoms with E-state index in [0.29, 0.717) is 27.7 Å². The Hall–Kier alpha value is -4.11. The van der Waals surface area contributed by atoms with Crippen LogP contribution in [0.25, 0.3) is 28.3 Å². The summed E-state index contributed by atoms with van der Waals surface area (Å²) in [6, 6.07) is 18.3. The third-order valence-electron chi connectivity index (χ3n) is 5.51. The molecule has 0 bridgehead atoms. The van der Waals surface area contributed by atoms with Crippen LogP contribution < -0.4 is 4.72 Å². The van der Waals surface area contributed by atoms with Gasteiger partial charge in [-0.15, -0.1) is 10.2 Å². The first-order chi connectivity index (χ1) is 16.3. The molecule has 0 saturated carbocycles. The third-order valence-corrected chi connectivity index (χ3v) is 7.19. The van der Waals surface area contributed by atoms with E-state index >= 15 is 0 Å². The van der Waals surface area contributed by atoms with Gasteiger partial charge in [0, 0.05) is 29.2 Å². The number of hydrogen-bond donors (Lipinski definition) is 1. The molecule has 0 amide bonds. The van der Waals surface area contributed by atoms with Crippen LogP contribution in [0, 0.1) is 20.8 Å². The first-order valence-corrected chi connectivity index (χ1v) is 12.1. The van der Waals surface area contributed by atoms with E-state index in [-0.39, 0.29) is 0 Å². The molecule has 0 unspecified atom stereocenters. The molecule has 0 saturated heterocycles. The van der Waals surface area contributed by atoms with Gasteiger partial charge in [0.1, 0.15) is 0 Å². The highest BCUT2D eigenvalue weighted by molar-refractivity contribution is 7.92. The smallest absolute Gasteiger partial charge is 0.262 e. The number of hydrogen-bond acceptors (Lipinski definition) is 6. The molecule has 0 spiro atoms. The van der Waals surface area contributed by atoms with Crippen LogP contribution in [0.4, 0.5) is 5.69 Å². The van der Waals surface area contributed by atoms with Crippen LogP contribution in [-0.4, -0.2) is 33.2 Å². The monoisotopic (exact) mass is 470 g/mol. The summed E-state index contributed by atoms with van der Waals surface area (Å²) >= 11 is 0. The van der Waals surface area contributed by atoms with Crippen LogP contribution in [-0.2, 0) is 10.0 Å². The average Bonchev–Trinajstić information content (AvgIpc) is 3.22. The summed E-state index contributed by atoms with van der Waals surface area (Å²) in [5.74, 6) is 0.618. The molecule has 5 aromatic rings. The second kappa shape index (κ2) is 8.35. The van der Waals surface area contributed by atoms with Crippen molar-refractivity contribution >= 4 is 21.4 Å². The SMILES string of the molecule is Cc1cc(C)c(S(=O)(=O)Nc2ccc(-c3ccc4nnc(-c5ccncc5)n4n3)cc2)c(C)c1. The fraction of sp³-hybridized carbons (Fsp3) is 0.120. The van der Waals surface area contributed by atoms with E-state index in [1.54, 1.807) is 29.0 Å². The number of nitrogens with one attached hydrogen (secondary N) is 1. The summed E-state index contributed by atoms with van der Waals surface area (Å²) in [5, 5.41) is 13.1. The van der Waals surface area contributed by atoms with Crippen molar-refractivity contribution in [2.45, 2.75) is 25.7 Å². The summed E-state index contributed by atoms with van der Waals surface area (Å²) in [6.45, 7) is 5.57. The zero-order valence-electron chi connectivity index (χ0n) is 18.9. The highest BCUT2D eigenvalue weighted by atomic mass is 32.2.